The molecule has 14 heteroatoms. The number of nitro groups is 1. The highest BCUT2D eigenvalue weighted by molar-refractivity contribution is 6.31. The van der Waals surface area contributed by atoms with Crippen molar-refractivity contribution in [2.75, 3.05) is 32.7 Å². The largest absolute Gasteiger partial charge is 0.496 e. The lowest BCUT2D eigenvalue weighted by atomic mass is 9.73. The second kappa shape index (κ2) is 12.4. The first-order valence-electron chi connectivity index (χ1n) is 14.7. The zero-order valence-corrected chi connectivity index (χ0v) is 26.4. The maximum absolute atomic E-state index is 16.1. The number of nitrogens with zero attached hydrogens (tertiary/aromatic N) is 2. The lowest BCUT2D eigenvalue weighted by Gasteiger charge is -2.39. The number of benzene rings is 3. The summed E-state index contributed by atoms with van der Waals surface area (Å²) in [6.45, 7) is -0.122. The molecule has 2 heterocycles. The smallest absolute Gasteiger partial charge is 0.341 e. The van der Waals surface area contributed by atoms with Crippen LogP contribution in [0.3, 0.4) is 0 Å². The SMILES string of the molecule is COC(=O)c1cc([N+](=O)[O-])c(CN[C@@H]2[C@H](CO)N(CC3CC3)[C@@]3(C(=O)Nc4cc(Cl)ccc43)[C@H]2c2cccc(Cl)c2F)cc1OC. The molecule has 242 valence electrons. The van der Waals surface area contributed by atoms with E-state index in [0.29, 0.717) is 22.8 Å². The van der Waals surface area contributed by atoms with Crippen LogP contribution in [-0.4, -0.2) is 66.3 Å². The van der Waals surface area contributed by atoms with Gasteiger partial charge in [-0.05, 0) is 48.6 Å². The fraction of sp³-hybridized carbons (Fsp3) is 0.375. The minimum absolute atomic E-state index is 0.0598. The van der Waals surface area contributed by atoms with Crippen LogP contribution in [0.15, 0.2) is 48.5 Å². The van der Waals surface area contributed by atoms with Gasteiger partial charge in [-0.3, -0.25) is 19.8 Å². The standard InChI is InChI=1S/C32H31Cl2FN4O7/c1-45-26-10-17(24(39(43)44)12-20(26)30(41)46-2)13-36-29-25(15-40)38(14-16-6-7-16)32(27(29)19-4-3-5-22(34)28(19)35)21-9-8-18(33)11-23(21)37-31(32)42/h3-5,8-12,16,25,27,29,36,40H,6-7,13-15H2,1-2H3,(H,37,42)/t25-,27-,29+,32+/m0/s1. The molecule has 46 heavy (non-hydrogen) atoms. The van der Waals surface area contributed by atoms with Crippen LogP contribution < -0.4 is 15.4 Å². The van der Waals surface area contributed by atoms with Gasteiger partial charge in [-0.1, -0.05) is 41.4 Å². The van der Waals surface area contributed by atoms with Gasteiger partial charge in [0, 0.05) is 53.0 Å². The zero-order chi connectivity index (χ0) is 32.9. The molecule has 3 N–H and O–H groups in total. The summed E-state index contributed by atoms with van der Waals surface area (Å²) in [5, 5.41) is 29.7. The van der Waals surface area contributed by atoms with E-state index in [2.05, 4.69) is 10.6 Å². The number of esters is 1. The van der Waals surface area contributed by atoms with Gasteiger partial charge in [0.25, 0.3) is 5.69 Å². The first-order chi connectivity index (χ1) is 22.1. The van der Waals surface area contributed by atoms with Crippen molar-refractivity contribution >= 4 is 46.5 Å². The highest BCUT2D eigenvalue weighted by Gasteiger charge is 2.67. The quantitative estimate of drug-likeness (QED) is 0.154. The fourth-order valence-electron chi connectivity index (χ4n) is 7.09. The molecule has 0 radical (unpaired) electrons. The van der Waals surface area contributed by atoms with E-state index in [1.165, 1.54) is 19.2 Å². The number of anilines is 1. The Kier molecular flexibility index (Phi) is 8.68. The van der Waals surface area contributed by atoms with E-state index in [1.807, 2.05) is 4.90 Å². The van der Waals surface area contributed by atoms with Crippen LogP contribution >= 0.6 is 23.2 Å². The van der Waals surface area contributed by atoms with Crippen molar-refractivity contribution in [1.29, 1.82) is 0 Å². The number of ether oxygens (including phenoxy) is 2. The summed E-state index contributed by atoms with van der Waals surface area (Å²) >= 11 is 12.6. The minimum Gasteiger partial charge on any atom is -0.496 e. The van der Waals surface area contributed by atoms with Crippen molar-refractivity contribution in [2.24, 2.45) is 5.92 Å². The number of amides is 1. The summed E-state index contributed by atoms with van der Waals surface area (Å²) in [5.74, 6) is -2.57. The van der Waals surface area contributed by atoms with Crippen LogP contribution in [-0.2, 0) is 21.6 Å². The molecule has 0 unspecified atom stereocenters. The molecule has 2 fully saturated rings. The Labute approximate surface area is 273 Å². The molecule has 1 spiro atoms. The number of carbonyl (C=O) groups is 2. The van der Waals surface area contributed by atoms with E-state index in [4.69, 9.17) is 32.7 Å². The number of carbonyl (C=O) groups excluding carboxylic acids is 2. The third kappa shape index (κ3) is 5.18. The number of rotatable bonds is 10. The molecule has 0 bridgehead atoms. The highest BCUT2D eigenvalue weighted by Crippen LogP contribution is 2.58. The van der Waals surface area contributed by atoms with Crippen molar-refractivity contribution in [3.05, 3.63) is 96.8 Å². The average molecular weight is 674 g/mol. The third-order valence-electron chi connectivity index (χ3n) is 9.25. The Bertz CT molecular complexity index is 1740. The molecule has 1 aliphatic carbocycles. The average Bonchev–Trinajstić information content (AvgIpc) is 3.76. The van der Waals surface area contributed by atoms with E-state index in [-0.39, 0.29) is 45.6 Å². The summed E-state index contributed by atoms with van der Waals surface area (Å²) in [6.07, 6.45) is 1.87. The Hall–Kier alpha value is -3.81. The summed E-state index contributed by atoms with van der Waals surface area (Å²) in [7, 11) is 2.48. The van der Waals surface area contributed by atoms with Gasteiger partial charge in [0.15, 0.2) is 0 Å². The first kappa shape index (κ1) is 32.1. The van der Waals surface area contributed by atoms with Crippen molar-refractivity contribution in [3.8, 4) is 5.75 Å². The van der Waals surface area contributed by atoms with Gasteiger partial charge in [0.05, 0.1) is 36.8 Å². The Balaban J connectivity index is 1.53. The Morgan fingerprint density at radius 3 is 2.63 bits per heavy atom. The number of aliphatic hydroxyl groups excluding tert-OH is 1. The normalized spacial score (nSPS) is 23.8. The molecule has 3 aromatic rings. The maximum atomic E-state index is 16.1. The molecule has 4 atom stereocenters. The summed E-state index contributed by atoms with van der Waals surface area (Å²) in [5.41, 5.74) is -0.632. The lowest BCUT2D eigenvalue weighted by molar-refractivity contribution is -0.385. The van der Waals surface area contributed by atoms with Gasteiger partial charge in [-0.2, -0.15) is 0 Å². The number of halogens is 3. The maximum Gasteiger partial charge on any atom is 0.341 e. The van der Waals surface area contributed by atoms with Crippen molar-refractivity contribution < 1.29 is 33.5 Å². The molecular weight excluding hydrogens is 642 g/mol. The molecule has 3 aliphatic rings. The molecular formula is C32H31Cl2FN4O7. The Morgan fingerprint density at radius 1 is 1.22 bits per heavy atom. The predicted molar refractivity (Wildman–Crippen MR) is 168 cm³/mol. The fourth-order valence-corrected chi connectivity index (χ4v) is 7.45. The lowest BCUT2D eigenvalue weighted by Crippen LogP contribution is -2.53. The van der Waals surface area contributed by atoms with Gasteiger partial charge < -0.3 is 25.2 Å². The van der Waals surface area contributed by atoms with E-state index in [1.54, 1.807) is 30.3 Å². The highest BCUT2D eigenvalue weighted by atomic mass is 35.5. The molecule has 0 aromatic heterocycles. The van der Waals surface area contributed by atoms with Gasteiger partial charge in [-0.25, -0.2) is 9.18 Å². The number of aliphatic hydroxyl groups is 1. The van der Waals surface area contributed by atoms with E-state index in [0.717, 1.165) is 26.0 Å². The number of hydrogen-bond acceptors (Lipinski definition) is 9. The number of nitro benzene ring substituents is 1. The minimum atomic E-state index is -1.49. The van der Waals surface area contributed by atoms with Crippen molar-refractivity contribution in [2.45, 2.75) is 42.9 Å². The van der Waals surface area contributed by atoms with Gasteiger partial charge in [0.1, 0.15) is 22.7 Å². The van der Waals surface area contributed by atoms with Gasteiger partial charge in [-0.15, -0.1) is 0 Å². The van der Waals surface area contributed by atoms with Crippen LogP contribution in [0.2, 0.25) is 10.0 Å². The van der Waals surface area contributed by atoms with Crippen LogP contribution in [0.1, 0.15) is 45.8 Å². The molecule has 2 aliphatic heterocycles. The number of fused-ring (bicyclic) bond motifs is 2. The van der Waals surface area contributed by atoms with Gasteiger partial charge >= 0.3 is 5.97 Å². The Morgan fingerprint density at radius 2 is 1.98 bits per heavy atom. The monoisotopic (exact) mass is 672 g/mol. The third-order valence-corrected chi connectivity index (χ3v) is 9.78. The molecule has 11 nitrogen and oxygen atoms in total. The summed E-state index contributed by atoms with van der Waals surface area (Å²) in [6, 6.07) is 10.5. The number of nitrogens with one attached hydrogen (secondary N) is 2. The molecule has 3 aromatic carbocycles. The first-order valence-corrected chi connectivity index (χ1v) is 15.4. The van der Waals surface area contributed by atoms with Crippen LogP contribution in [0.5, 0.6) is 5.75 Å². The van der Waals surface area contributed by atoms with Crippen LogP contribution in [0.4, 0.5) is 15.8 Å². The molecule has 6 rings (SSSR count). The summed E-state index contributed by atoms with van der Waals surface area (Å²) in [4.78, 5) is 40.2. The predicted octanol–water partition coefficient (Wildman–Crippen LogP) is 5.01. The van der Waals surface area contributed by atoms with E-state index < -0.39 is 52.8 Å². The molecule has 1 saturated heterocycles. The number of methoxy groups -OCH3 is 2. The second-order valence-corrected chi connectivity index (χ2v) is 12.6. The number of likely N-dealkylation sites (tertiary alicyclic amines) is 1. The van der Waals surface area contributed by atoms with E-state index >= 15 is 4.39 Å². The van der Waals surface area contributed by atoms with Crippen molar-refractivity contribution in [1.82, 2.24) is 10.2 Å². The number of hydrogen-bond donors (Lipinski definition) is 3. The van der Waals surface area contributed by atoms with E-state index in [9.17, 15) is 24.8 Å². The van der Waals surface area contributed by atoms with Crippen LogP contribution in [0.25, 0.3) is 0 Å². The second-order valence-electron chi connectivity index (χ2n) is 11.7. The topological polar surface area (TPSA) is 143 Å². The van der Waals surface area contributed by atoms with Crippen LogP contribution in [0, 0.1) is 21.8 Å². The molecule has 1 amide bonds. The summed E-state index contributed by atoms with van der Waals surface area (Å²) < 4.78 is 26.2. The molecule has 1 saturated carbocycles. The van der Waals surface area contributed by atoms with Gasteiger partial charge in [0.2, 0.25) is 5.91 Å². The zero-order valence-electron chi connectivity index (χ0n) is 24.9. The van der Waals surface area contributed by atoms with Crippen molar-refractivity contribution in [3.63, 3.8) is 0 Å².